The molecule has 4 nitrogen and oxygen atoms in total. The van der Waals surface area contributed by atoms with Crippen LogP contribution in [0.4, 0.5) is 10.1 Å². The molecule has 2 aromatic rings. The van der Waals surface area contributed by atoms with Crippen LogP contribution in [0, 0.1) is 12.7 Å². The summed E-state index contributed by atoms with van der Waals surface area (Å²) in [5.74, 6) is -1.14. The zero-order valence-corrected chi connectivity index (χ0v) is 16.3. The third-order valence-electron chi connectivity index (χ3n) is 5.09. The van der Waals surface area contributed by atoms with E-state index in [1.165, 1.54) is 23.4 Å². The van der Waals surface area contributed by atoms with Gasteiger partial charge >= 0.3 is 0 Å². The lowest BCUT2D eigenvalue weighted by molar-refractivity contribution is 0.0951. The highest BCUT2D eigenvalue weighted by Crippen LogP contribution is 2.38. The van der Waals surface area contributed by atoms with Crippen LogP contribution in [0.3, 0.4) is 0 Å². The van der Waals surface area contributed by atoms with Gasteiger partial charge in [-0.05, 0) is 68.7 Å². The fraction of sp³-hybridized carbons (Fsp3) is 0.273. The van der Waals surface area contributed by atoms with Crippen molar-refractivity contribution in [1.82, 2.24) is 5.43 Å². The number of aryl methyl sites for hydroxylation is 1. The highest BCUT2D eigenvalue weighted by molar-refractivity contribution is 5.95. The fourth-order valence-electron chi connectivity index (χ4n) is 3.32. The molecule has 27 heavy (non-hydrogen) atoms. The van der Waals surface area contributed by atoms with Crippen molar-refractivity contribution in [2.24, 2.45) is 5.10 Å². The Morgan fingerprint density at radius 1 is 1.22 bits per heavy atom. The summed E-state index contributed by atoms with van der Waals surface area (Å²) in [6.45, 7) is 8.48. The van der Waals surface area contributed by atoms with Gasteiger partial charge in [0, 0.05) is 18.3 Å². The molecule has 5 heteroatoms. The average molecular weight is 365 g/mol. The Morgan fingerprint density at radius 3 is 2.63 bits per heavy atom. The molecule has 0 saturated heterocycles. The second-order valence-electron chi connectivity index (χ2n) is 7.44. The fourth-order valence-corrected chi connectivity index (χ4v) is 3.32. The van der Waals surface area contributed by atoms with E-state index in [-0.39, 0.29) is 11.1 Å². The summed E-state index contributed by atoms with van der Waals surface area (Å²) in [5.41, 5.74) is 7.79. The van der Waals surface area contributed by atoms with E-state index in [9.17, 15) is 9.18 Å². The third kappa shape index (κ3) is 3.63. The van der Waals surface area contributed by atoms with E-state index >= 15 is 0 Å². The molecule has 0 spiro atoms. The SMILES string of the molecule is CC1=CC(C)(C)N(C)c2cc(C)c(/C=N\NC(=O)c3ccccc3F)cc21. The summed E-state index contributed by atoms with van der Waals surface area (Å²) in [7, 11) is 2.09. The van der Waals surface area contributed by atoms with Gasteiger partial charge in [0.2, 0.25) is 0 Å². The van der Waals surface area contributed by atoms with Crippen molar-refractivity contribution in [1.29, 1.82) is 0 Å². The first-order valence-corrected chi connectivity index (χ1v) is 8.87. The van der Waals surface area contributed by atoms with Crippen molar-refractivity contribution in [3.63, 3.8) is 0 Å². The number of amides is 1. The summed E-state index contributed by atoms with van der Waals surface area (Å²) in [5, 5.41) is 4.02. The zero-order valence-electron chi connectivity index (χ0n) is 16.3. The third-order valence-corrected chi connectivity index (χ3v) is 5.09. The largest absolute Gasteiger partial charge is 0.365 e. The van der Waals surface area contributed by atoms with E-state index in [4.69, 9.17) is 0 Å². The molecule has 0 aliphatic carbocycles. The standard InChI is InChI=1S/C22H24FN3O/c1-14-10-20-18(15(2)12-22(3,4)26(20)5)11-16(14)13-24-25-21(27)17-8-6-7-9-19(17)23/h6-13H,1-5H3,(H,25,27)/b24-13-. The van der Waals surface area contributed by atoms with Gasteiger partial charge in [0.05, 0.1) is 17.3 Å². The number of fused-ring (bicyclic) bond motifs is 1. The molecule has 0 bridgehead atoms. The number of anilines is 1. The van der Waals surface area contributed by atoms with Crippen LogP contribution >= 0.6 is 0 Å². The van der Waals surface area contributed by atoms with Crippen LogP contribution in [0.1, 0.15) is 47.8 Å². The molecule has 1 aliphatic heterocycles. The number of rotatable bonds is 3. The van der Waals surface area contributed by atoms with E-state index in [1.807, 2.05) is 6.92 Å². The summed E-state index contributed by atoms with van der Waals surface area (Å²) in [6, 6.07) is 10.0. The van der Waals surface area contributed by atoms with Gasteiger partial charge in [0.1, 0.15) is 5.82 Å². The van der Waals surface area contributed by atoms with Crippen molar-refractivity contribution in [2.75, 3.05) is 11.9 Å². The summed E-state index contributed by atoms with van der Waals surface area (Å²) in [4.78, 5) is 14.3. The first kappa shape index (κ1) is 18.8. The normalized spacial score (nSPS) is 15.5. The van der Waals surface area contributed by atoms with Crippen LogP contribution in [-0.4, -0.2) is 24.7 Å². The molecule has 2 aromatic carbocycles. The topological polar surface area (TPSA) is 44.7 Å². The summed E-state index contributed by atoms with van der Waals surface area (Å²) in [6.07, 6.45) is 3.84. The van der Waals surface area contributed by atoms with Crippen molar-refractivity contribution in [2.45, 2.75) is 33.2 Å². The van der Waals surface area contributed by atoms with Crippen LogP contribution in [0.15, 0.2) is 47.6 Å². The molecular formula is C22H24FN3O. The van der Waals surface area contributed by atoms with Crippen LogP contribution < -0.4 is 10.3 Å². The lowest BCUT2D eigenvalue weighted by Crippen LogP contribution is -2.42. The van der Waals surface area contributed by atoms with E-state index in [1.54, 1.807) is 18.3 Å². The van der Waals surface area contributed by atoms with Crippen molar-refractivity contribution in [3.8, 4) is 0 Å². The van der Waals surface area contributed by atoms with Crippen molar-refractivity contribution < 1.29 is 9.18 Å². The number of hydrogen-bond acceptors (Lipinski definition) is 3. The van der Waals surface area contributed by atoms with Crippen LogP contribution in [0.25, 0.3) is 5.57 Å². The number of nitrogens with one attached hydrogen (secondary N) is 1. The van der Waals surface area contributed by atoms with Gasteiger partial charge in [0.15, 0.2) is 0 Å². The minimum atomic E-state index is -0.572. The Bertz CT molecular complexity index is 960. The molecule has 140 valence electrons. The number of nitrogens with zero attached hydrogens (tertiary/aromatic N) is 2. The van der Waals surface area contributed by atoms with Gasteiger partial charge in [-0.25, -0.2) is 9.82 Å². The van der Waals surface area contributed by atoms with Gasteiger partial charge in [-0.3, -0.25) is 4.79 Å². The Morgan fingerprint density at radius 2 is 1.93 bits per heavy atom. The molecule has 1 amide bonds. The number of halogens is 1. The lowest BCUT2D eigenvalue weighted by Gasteiger charge is -2.41. The van der Waals surface area contributed by atoms with E-state index in [0.29, 0.717) is 0 Å². The van der Waals surface area contributed by atoms with Crippen LogP contribution in [0.5, 0.6) is 0 Å². The number of hydrogen-bond donors (Lipinski definition) is 1. The first-order valence-electron chi connectivity index (χ1n) is 8.87. The smallest absolute Gasteiger partial charge is 0.274 e. The molecule has 0 radical (unpaired) electrons. The van der Waals surface area contributed by atoms with E-state index in [2.05, 4.69) is 61.5 Å². The van der Waals surface area contributed by atoms with Gasteiger partial charge in [-0.1, -0.05) is 18.2 Å². The molecule has 1 N–H and O–H groups in total. The molecule has 3 rings (SSSR count). The van der Waals surface area contributed by atoms with Gasteiger partial charge in [0.25, 0.3) is 5.91 Å². The van der Waals surface area contributed by atoms with E-state index in [0.717, 1.165) is 16.7 Å². The Labute approximate surface area is 159 Å². The second-order valence-corrected chi connectivity index (χ2v) is 7.44. The maximum Gasteiger partial charge on any atom is 0.274 e. The number of benzene rings is 2. The van der Waals surface area contributed by atoms with Gasteiger partial charge in [-0.2, -0.15) is 5.10 Å². The predicted molar refractivity (Wildman–Crippen MR) is 109 cm³/mol. The highest BCUT2D eigenvalue weighted by atomic mass is 19.1. The Balaban J connectivity index is 1.85. The molecule has 0 unspecified atom stereocenters. The van der Waals surface area contributed by atoms with Crippen LogP contribution in [-0.2, 0) is 0 Å². The number of allylic oxidation sites excluding steroid dienone is 1. The molecular weight excluding hydrogens is 341 g/mol. The zero-order chi connectivity index (χ0) is 19.8. The minimum Gasteiger partial charge on any atom is -0.365 e. The highest BCUT2D eigenvalue weighted by Gasteiger charge is 2.28. The molecule has 1 heterocycles. The molecule has 0 saturated carbocycles. The van der Waals surface area contributed by atoms with Gasteiger partial charge in [-0.15, -0.1) is 0 Å². The molecule has 0 fully saturated rings. The molecule has 1 aliphatic rings. The first-order chi connectivity index (χ1) is 12.7. The minimum absolute atomic E-state index is 0.0283. The Kier molecular flexibility index (Phi) is 4.87. The van der Waals surface area contributed by atoms with Crippen LogP contribution in [0.2, 0.25) is 0 Å². The Hall–Kier alpha value is -2.95. The van der Waals surface area contributed by atoms with E-state index < -0.39 is 11.7 Å². The lowest BCUT2D eigenvalue weighted by atomic mass is 9.87. The number of likely N-dealkylation sites (N-methyl/N-ethyl adjacent to an activating group) is 1. The van der Waals surface area contributed by atoms with Gasteiger partial charge < -0.3 is 4.90 Å². The monoisotopic (exact) mass is 365 g/mol. The molecule has 0 aromatic heterocycles. The maximum absolute atomic E-state index is 13.7. The maximum atomic E-state index is 13.7. The predicted octanol–water partition coefficient (Wildman–Crippen LogP) is 4.53. The summed E-state index contributed by atoms with van der Waals surface area (Å²) < 4.78 is 13.7. The molecule has 0 atom stereocenters. The average Bonchev–Trinajstić information content (AvgIpc) is 2.60. The number of hydrazone groups is 1. The number of carbonyl (C=O) groups excluding carboxylic acids is 1. The second kappa shape index (κ2) is 6.99. The van der Waals surface area contributed by atoms with Crippen molar-refractivity contribution >= 4 is 23.4 Å². The summed E-state index contributed by atoms with van der Waals surface area (Å²) >= 11 is 0. The van der Waals surface area contributed by atoms with Crippen molar-refractivity contribution in [3.05, 3.63) is 70.5 Å². The quantitative estimate of drug-likeness (QED) is 0.642. The number of carbonyl (C=O) groups is 1.